The fourth-order valence-electron chi connectivity index (χ4n) is 3.39. The van der Waals surface area contributed by atoms with E-state index in [-0.39, 0.29) is 5.91 Å². The average molecular weight is 392 g/mol. The van der Waals surface area contributed by atoms with Gasteiger partial charge >= 0.3 is 0 Å². The number of amides is 1. The lowest BCUT2D eigenvalue weighted by Gasteiger charge is -2.25. The maximum Gasteiger partial charge on any atom is 0.230 e. The number of methoxy groups -OCH3 is 2. The van der Waals surface area contributed by atoms with Crippen LogP contribution in [0.25, 0.3) is 0 Å². The molecule has 0 aliphatic heterocycles. The standard InChI is InChI=1S/C24H41NO3/c1-7-9-10-11-12-13-14-15-16-24(3,4)23(26)25-22-20(27-5)17-19(8-2)18-21(22)28-6/h17-18H,7-16H2,1-6H3,(H,25,26). The molecule has 0 spiro atoms. The molecule has 160 valence electrons. The summed E-state index contributed by atoms with van der Waals surface area (Å²) in [5, 5.41) is 3.06. The van der Waals surface area contributed by atoms with Crippen LogP contribution in [0.2, 0.25) is 0 Å². The summed E-state index contributed by atoms with van der Waals surface area (Å²) in [5.41, 5.74) is 1.31. The van der Waals surface area contributed by atoms with Gasteiger partial charge in [0.2, 0.25) is 5.91 Å². The van der Waals surface area contributed by atoms with Crippen LogP contribution in [0.15, 0.2) is 12.1 Å². The highest BCUT2D eigenvalue weighted by molar-refractivity contribution is 5.97. The topological polar surface area (TPSA) is 47.6 Å². The van der Waals surface area contributed by atoms with Crippen molar-refractivity contribution in [3.8, 4) is 11.5 Å². The summed E-state index contributed by atoms with van der Waals surface area (Å²) in [6.45, 7) is 8.36. The molecule has 0 unspecified atom stereocenters. The van der Waals surface area contributed by atoms with E-state index in [0.717, 1.165) is 24.8 Å². The third-order valence-electron chi connectivity index (χ3n) is 5.48. The molecule has 1 amide bonds. The maximum atomic E-state index is 12.9. The van der Waals surface area contributed by atoms with Gasteiger partial charge in [-0.05, 0) is 30.5 Å². The number of aryl methyl sites for hydroxylation is 1. The SMILES string of the molecule is CCCCCCCCCCC(C)(C)C(=O)Nc1c(OC)cc(CC)cc1OC. The van der Waals surface area contributed by atoms with Gasteiger partial charge in [-0.3, -0.25) is 4.79 Å². The Kier molecular flexibility index (Phi) is 11.0. The second kappa shape index (κ2) is 12.7. The van der Waals surface area contributed by atoms with Crippen molar-refractivity contribution in [2.45, 2.75) is 91.9 Å². The minimum atomic E-state index is -0.429. The Balaban J connectivity index is 2.61. The van der Waals surface area contributed by atoms with Gasteiger partial charge in [0, 0.05) is 5.41 Å². The predicted molar refractivity (Wildman–Crippen MR) is 119 cm³/mol. The van der Waals surface area contributed by atoms with Gasteiger partial charge in [0.15, 0.2) is 0 Å². The summed E-state index contributed by atoms with van der Waals surface area (Å²) >= 11 is 0. The molecule has 0 aliphatic carbocycles. The molecular formula is C24H41NO3. The van der Waals surface area contributed by atoms with Gasteiger partial charge in [-0.2, -0.15) is 0 Å². The van der Waals surface area contributed by atoms with Gasteiger partial charge in [-0.15, -0.1) is 0 Å². The van der Waals surface area contributed by atoms with E-state index in [1.807, 2.05) is 26.0 Å². The largest absolute Gasteiger partial charge is 0.494 e. The molecule has 28 heavy (non-hydrogen) atoms. The summed E-state index contributed by atoms with van der Waals surface area (Å²) < 4.78 is 11.0. The Morgan fingerprint density at radius 1 is 0.893 bits per heavy atom. The summed E-state index contributed by atoms with van der Waals surface area (Å²) in [5.74, 6) is 1.30. The van der Waals surface area contributed by atoms with Crippen LogP contribution >= 0.6 is 0 Å². The zero-order valence-electron chi connectivity index (χ0n) is 19.0. The number of benzene rings is 1. The second-order valence-corrected chi connectivity index (χ2v) is 8.29. The van der Waals surface area contributed by atoms with Crippen LogP contribution in [0.5, 0.6) is 11.5 Å². The van der Waals surface area contributed by atoms with Crippen LogP contribution in [0, 0.1) is 5.41 Å². The van der Waals surface area contributed by atoms with E-state index < -0.39 is 5.41 Å². The number of unbranched alkanes of at least 4 members (excludes halogenated alkanes) is 7. The molecule has 0 fully saturated rings. The number of ether oxygens (including phenoxy) is 2. The van der Waals surface area contributed by atoms with Gasteiger partial charge in [0.1, 0.15) is 17.2 Å². The van der Waals surface area contributed by atoms with Crippen LogP contribution in [0.4, 0.5) is 5.69 Å². The molecule has 1 rings (SSSR count). The van der Waals surface area contributed by atoms with Gasteiger partial charge < -0.3 is 14.8 Å². The Labute approximate surface area is 172 Å². The summed E-state index contributed by atoms with van der Waals surface area (Å²) in [6, 6.07) is 3.92. The van der Waals surface area contributed by atoms with Crippen molar-refractivity contribution in [1.29, 1.82) is 0 Å². The quantitative estimate of drug-likeness (QED) is 0.356. The van der Waals surface area contributed by atoms with Crippen molar-refractivity contribution in [2.24, 2.45) is 5.41 Å². The van der Waals surface area contributed by atoms with E-state index in [9.17, 15) is 4.79 Å². The molecule has 0 saturated heterocycles. The highest BCUT2D eigenvalue weighted by atomic mass is 16.5. The molecule has 0 aromatic heterocycles. The number of nitrogens with one attached hydrogen (secondary N) is 1. The maximum absolute atomic E-state index is 12.9. The molecule has 1 N–H and O–H groups in total. The third-order valence-corrected chi connectivity index (χ3v) is 5.48. The smallest absolute Gasteiger partial charge is 0.230 e. The molecule has 0 saturated carbocycles. The zero-order chi connectivity index (χ0) is 21.0. The fraction of sp³-hybridized carbons (Fsp3) is 0.708. The van der Waals surface area contributed by atoms with E-state index in [1.54, 1.807) is 14.2 Å². The van der Waals surface area contributed by atoms with E-state index >= 15 is 0 Å². The predicted octanol–water partition coefficient (Wildman–Crippen LogP) is 6.76. The molecule has 0 radical (unpaired) electrons. The highest BCUT2D eigenvalue weighted by Crippen LogP contribution is 2.38. The molecule has 1 aromatic carbocycles. The summed E-state index contributed by atoms with van der Waals surface area (Å²) in [6.07, 6.45) is 11.9. The highest BCUT2D eigenvalue weighted by Gasteiger charge is 2.29. The molecule has 4 heteroatoms. The Hall–Kier alpha value is -1.71. The minimum absolute atomic E-state index is 0.0105. The van der Waals surface area contributed by atoms with E-state index in [4.69, 9.17) is 9.47 Å². The minimum Gasteiger partial charge on any atom is -0.494 e. The van der Waals surface area contributed by atoms with Crippen LogP contribution in [-0.2, 0) is 11.2 Å². The lowest BCUT2D eigenvalue weighted by Crippen LogP contribution is -2.31. The molecule has 0 bridgehead atoms. The van der Waals surface area contributed by atoms with Crippen LogP contribution < -0.4 is 14.8 Å². The molecule has 1 aromatic rings. The molecule has 4 nitrogen and oxygen atoms in total. The van der Waals surface area contributed by atoms with Crippen molar-refractivity contribution in [2.75, 3.05) is 19.5 Å². The van der Waals surface area contributed by atoms with Gasteiger partial charge in [0.05, 0.1) is 14.2 Å². The van der Waals surface area contributed by atoms with E-state index in [2.05, 4.69) is 19.2 Å². The van der Waals surface area contributed by atoms with Crippen molar-refractivity contribution >= 4 is 11.6 Å². The zero-order valence-corrected chi connectivity index (χ0v) is 19.0. The monoisotopic (exact) mass is 391 g/mol. The third kappa shape index (κ3) is 7.73. The first kappa shape index (κ1) is 24.3. The average Bonchev–Trinajstić information content (AvgIpc) is 2.69. The normalized spacial score (nSPS) is 11.4. The Bertz CT molecular complexity index is 571. The lowest BCUT2D eigenvalue weighted by atomic mass is 9.85. The fourth-order valence-corrected chi connectivity index (χ4v) is 3.39. The molecule has 0 heterocycles. The van der Waals surface area contributed by atoms with Gasteiger partial charge in [-0.1, -0.05) is 79.1 Å². The number of rotatable bonds is 14. The molecule has 0 aliphatic rings. The molecular weight excluding hydrogens is 350 g/mol. The lowest BCUT2D eigenvalue weighted by molar-refractivity contribution is -0.124. The van der Waals surface area contributed by atoms with Crippen molar-refractivity contribution in [3.63, 3.8) is 0 Å². The van der Waals surface area contributed by atoms with Crippen molar-refractivity contribution in [1.82, 2.24) is 0 Å². The van der Waals surface area contributed by atoms with Gasteiger partial charge in [0.25, 0.3) is 0 Å². The number of hydrogen-bond acceptors (Lipinski definition) is 3. The van der Waals surface area contributed by atoms with Crippen molar-refractivity contribution in [3.05, 3.63) is 17.7 Å². The number of anilines is 1. The number of carbonyl (C=O) groups excluding carboxylic acids is 1. The second-order valence-electron chi connectivity index (χ2n) is 8.29. The first-order valence-electron chi connectivity index (χ1n) is 11.0. The van der Waals surface area contributed by atoms with E-state index in [1.165, 1.54) is 44.9 Å². The van der Waals surface area contributed by atoms with Gasteiger partial charge in [-0.25, -0.2) is 0 Å². The first-order chi connectivity index (χ1) is 13.4. The Morgan fingerprint density at radius 2 is 1.39 bits per heavy atom. The van der Waals surface area contributed by atoms with Crippen LogP contribution in [0.1, 0.15) is 91.0 Å². The number of carbonyl (C=O) groups is 1. The van der Waals surface area contributed by atoms with E-state index in [0.29, 0.717) is 17.2 Å². The Morgan fingerprint density at radius 3 is 1.86 bits per heavy atom. The summed E-state index contributed by atoms with van der Waals surface area (Å²) in [4.78, 5) is 12.9. The van der Waals surface area contributed by atoms with Crippen LogP contribution in [-0.4, -0.2) is 20.1 Å². The number of hydrogen-bond donors (Lipinski definition) is 1. The molecule has 0 atom stereocenters. The first-order valence-corrected chi connectivity index (χ1v) is 11.0. The van der Waals surface area contributed by atoms with Crippen molar-refractivity contribution < 1.29 is 14.3 Å². The summed E-state index contributed by atoms with van der Waals surface area (Å²) in [7, 11) is 3.24. The van der Waals surface area contributed by atoms with Crippen LogP contribution in [0.3, 0.4) is 0 Å².